The molecule has 2 aliphatic heterocycles. The normalized spacial score (nSPS) is 29.5. The number of amides is 1. The second kappa shape index (κ2) is 4.85. The van der Waals surface area contributed by atoms with Crippen molar-refractivity contribution in [1.82, 2.24) is 5.32 Å². The average molecular weight is 259 g/mol. The molecule has 2 bridgehead atoms. The van der Waals surface area contributed by atoms with Gasteiger partial charge in [-0.05, 0) is 57.0 Å². The number of nitrogens with two attached hydrogens (primary N) is 1. The predicted octanol–water partition coefficient (Wildman–Crippen LogP) is 1.50. The van der Waals surface area contributed by atoms with Crippen molar-refractivity contribution in [2.45, 2.75) is 43.8 Å². The van der Waals surface area contributed by atoms with Crippen LogP contribution in [0, 0.1) is 0 Å². The fraction of sp³-hybridized carbons (Fsp3) is 0.533. The van der Waals surface area contributed by atoms with Crippen molar-refractivity contribution in [2.75, 3.05) is 11.9 Å². The first-order chi connectivity index (χ1) is 9.19. The van der Waals surface area contributed by atoms with Gasteiger partial charge in [0.25, 0.3) is 0 Å². The highest BCUT2D eigenvalue weighted by atomic mass is 16.1. The van der Waals surface area contributed by atoms with Gasteiger partial charge in [0, 0.05) is 29.4 Å². The van der Waals surface area contributed by atoms with Gasteiger partial charge in [0.2, 0.25) is 5.91 Å². The fourth-order valence-corrected chi connectivity index (χ4v) is 3.63. The number of primary amides is 1. The predicted molar refractivity (Wildman–Crippen MR) is 76.3 cm³/mol. The number of benzene rings is 1. The van der Waals surface area contributed by atoms with Crippen LogP contribution in [-0.2, 0) is 0 Å². The zero-order valence-electron chi connectivity index (χ0n) is 11.3. The van der Waals surface area contributed by atoms with Gasteiger partial charge >= 0.3 is 0 Å². The largest absolute Gasteiger partial charge is 0.366 e. The number of fused-ring (bicyclic) bond motifs is 2. The lowest BCUT2D eigenvalue weighted by Crippen LogP contribution is -2.48. The first kappa shape index (κ1) is 12.5. The molecule has 102 valence electrons. The van der Waals surface area contributed by atoms with Crippen LogP contribution in [0.3, 0.4) is 0 Å². The second-order valence-electron chi connectivity index (χ2n) is 5.66. The molecule has 2 saturated heterocycles. The molecule has 2 atom stereocenters. The van der Waals surface area contributed by atoms with Crippen molar-refractivity contribution in [2.24, 2.45) is 5.73 Å². The van der Waals surface area contributed by atoms with Gasteiger partial charge in [0.1, 0.15) is 0 Å². The Morgan fingerprint density at radius 2 is 1.79 bits per heavy atom. The standard InChI is InChI=1S/C15H21N3O/c1-17-11-8-13-6-7-14(9-11)18(13)12-4-2-10(3-5-12)15(16)19/h2-5,11,13-14,17H,6-9H2,1H3,(H2,16,19). The maximum absolute atomic E-state index is 11.1. The molecule has 0 aromatic heterocycles. The second-order valence-corrected chi connectivity index (χ2v) is 5.66. The van der Waals surface area contributed by atoms with Crippen LogP contribution in [0.4, 0.5) is 5.69 Å². The van der Waals surface area contributed by atoms with Gasteiger partial charge in [-0.2, -0.15) is 0 Å². The van der Waals surface area contributed by atoms with Crippen LogP contribution < -0.4 is 16.0 Å². The molecule has 1 aromatic carbocycles. The molecule has 0 aliphatic carbocycles. The summed E-state index contributed by atoms with van der Waals surface area (Å²) < 4.78 is 0. The molecule has 2 unspecified atom stereocenters. The molecular formula is C15H21N3O. The van der Waals surface area contributed by atoms with Crippen LogP contribution in [0.15, 0.2) is 24.3 Å². The average Bonchev–Trinajstić information content (AvgIpc) is 2.69. The van der Waals surface area contributed by atoms with Crippen LogP contribution in [-0.4, -0.2) is 31.1 Å². The minimum Gasteiger partial charge on any atom is -0.366 e. The summed E-state index contributed by atoms with van der Waals surface area (Å²) in [6.07, 6.45) is 4.98. The van der Waals surface area contributed by atoms with E-state index >= 15 is 0 Å². The van der Waals surface area contributed by atoms with E-state index in [2.05, 4.69) is 17.3 Å². The van der Waals surface area contributed by atoms with Crippen molar-refractivity contribution in [3.05, 3.63) is 29.8 Å². The van der Waals surface area contributed by atoms with E-state index in [0.29, 0.717) is 23.7 Å². The Kier molecular flexibility index (Phi) is 3.19. The lowest BCUT2D eigenvalue weighted by atomic mass is 9.96. The molecule has 2 aliphatic rings. The quantitative estimate of drug-likeness (QED) is 0.865. The number of nitrogens with zero attached hydrogens (tertiary/aromatic N) is 1. The molecule has 19 heavy (non-hydrogen) atoms. The third-order valence-corrected chi connectivity index (χ3v) is 4.59. The maximum atomic E-state index is 11.1. The number of piperidine rings is 1. The van der Waals surface area contributed by atoms with E-state index in [1.807, 2.05) is 24.3 Å². The van der Waals surface area contributed by atoms with Gasteiger partial charge < -0.3 is 16.0 Å². The Bertz CT molecular complexity index is 457. The van der Waals surface area contributed by atoms with Gasteiger partial charge in [-0.3, -0.25) is 4.79 Å². The Balaban J connectivity index is 1.81. The fourth-order valence-electron chi connectivity index (χ4n) is 3.63. The summed E-state index contributed by atoms with van der Waals surface area (Å²) in [6, 6.07) is 9.66. The van der Waals surface area contributed by atoms with Crippen LogP contribution in [0.25, 0.3) is 0 Å². The Morgan fingerprint density at radius 3 is 2.26 bits per heavy atom. The van der Waals surface area contributed by atoms with Gasteiger partial charge in [-0.1, -0.05) is 0 Å². The van der Waals surface area contributed by atoms with E-state index in [1.54, 1.807) is 0 Å². The third-order valence-electron chi connectivity index (χ3n) is 4.59. The monoisotopic (exact) mass is 259 g/mol. The van der Waals surface area contributed by atoms with E-state index in [1.165, 1.54) is 31.4 Å². The Hall–Kier alpha value is -1.55. The van der Waals surface area contributed by atoms with Crippen LogP contribution in [0.5, 0.6) is 0 Å². The van der Waals surface area contributed by atoms with Crippen LogP contribution >= 0.6 is 0 Å². The highest BCUT2D eigenvalue weighted by molar-refractivity contribution is 5.93. The summed E-state index contributed by atoms with van der Waals surface area (Å²) >= 11 is 0. The van der Waals surface area contributed by atoms with Crippen molar-refractivity contribution in [3.8, 4) is 0 Å². The summed E-state index contributed by atoms with van der Waals surface area (Å²) in [5.41, 5.74) is 7.10. The number of hydrogen-bond donors (Lipinski definition) is 2. The minimum atomic E-state index is -0.358. The highest BCUT2D eigenvalue weighted by Gasteiger charge is 2.40. The number of nitrogens with one attached hydrogen (secondary N) is 1. The SMILES string of the molecule is CNC1CC2CCC(C1)N2c1ccc(C(N)=O)cc1. The molecule has 0 radical (unpaired) electrons. The molecule has 0 spiro atoms. The summed E-state index contributed by atoms with van der Waals surface area (Å²) in [4.78, 5) is 13.7. The van der Waals surface area contributed by atoms with Gasteiger partial charge in [0.15, 0.2) is 0 Å². The van der Waals surface area contributed by atoms with Gasteiger partial charge in [-0.15, -0.1) is 0 Å². The lowest BCUT2D eigenvalue weighted by Gasteiger charge is -2.40. The third kappa shape index (κ3) is 2.21. The van der Waals surface area contributed by atoms with Crippen molar-refractivity contribution < 1.29 is 4.79 Å². The zero-order chi connectivity index (χ0) is 13.4. The summed E-state index contributed by atoms with van der Waals surface area (Å²) in [5.74, 6) is -0.358. The lowest BCUT2D eigenvalue weighted by molar-refractivity contribution is 0.100. The first-order valence-corrected chi connectivity index (χ1v) is 7.04. The van der Waals surface area contributed by atoms with Crippen molar-refractivity contribution in [3.63, 3.8) is 0 Å². The van der Waals surface area contributed by atoms with Crippen LogP contribution in [0.2, 0.25) is 0 Å². The van der Waals surface area contributed by atoms with Crippen molar-refractivity contribution in [1.29, 1.82) is 0 Å². The number of anilines is 1. The van der Waals surface area contributed by atoms with Crippen molar-refractivity contribution >= 4 is 11.6 Å². The molecule has 2 fully saturated rings. The summed E-state index contributed by atoms with van der Waals surface area (Å²) in [5, 5.41) is 3.41. The first-order valence-electron chi connectivity index (χ1n) is 7.04. The summed E-state index contributed by atoms with van der Waals surface area (Å²) in [7, 11) is 2.06. The zero-order valence-corrected chi connectivity index (χ0v) is 11.3. The molecule has 1 aromatic rings. The maximum Gasteiger partial charge on any atom is 0.248 e. The Morgan fingerprint density at radius 1 is 1.21 bits per heavy atom. The molecule has 0 saturated carbocycles. The molecule has 1 amide bonds. The molecule has 4 nitrogen and oxygen atoms in total. The van der Waals surface area contributed by atoms with E-state index in [9.17, 15) is 4.79 Å². The number of hydrogen-bond acceptors (Lipinski definition) is 3. The highest BCUT2D eigenvalue weighted by Crippen LogP contribution is 2.39. The summed E-state index contributed by atoms with van der Waals surface area (Å²) in [6.45, 7) is 0. The molecular weight excluding hydrogens is 238 g/mol. The molecule has 4 heteroatoms. The number of rotatable bonds is 3. The van der Waals surface area contributed by atoms with Crippen LogP contribution in [0.1, 0.15) is 36.0 Å². The Labute approximate surface area is 114 Å². The van der Waals surface area contributed by atoms with E-state index in [-0.39, 0.29) is 5.91 Å². The number of carbonyl (C=O) groups is 1. The van der Waals surface area contributed by atoms with Gasteiger partial charge in [0.05, 0.1) is 0 Å². The molecule has 3 rings (SSSR count). The van der Waals surface area contributed by atoms with E-state index in [4.69, 9.17) is 5.73 Å². The molecule has 3 N–H and O–H groups in total. The smallest absolute Gasteiger partial charge is 0.248 e. The van der Waals surface area contributed by atoms with E-state index < -0.39 is 0 Å². The number of carbonyl (C=O) groups excluding carboxylic acids is 1. The van der Waals surface area contributed by atoms with E-state index in [0.717, 1.165) is 0 Å². The minimum absolute atomic E-state index is 0.358. The van der Waals surface area contributed by atoms with Gasteiger partial charge in [-0.25, -0.2) is 0 Å². The topological polar surface area (TPSA) is 58.4 Å². The molecule has 2 heterocycles.